The van der Waals surface area contributed by atoms with E-state index in [1.54, 1.807) is 37.3 Å². The molecule has 5 heteroatoms. The molecule has 0 atom stereocenters. The fourth-order valence-electron chi connectivity index (χ4n) is 1.90. The Labute approximate surface area is 143 Å². The van der Waals surface area contributed by atoms with Gasteiger partial charge in [0.05, 0.1) is 6.61 Å². The third-order valence-electron chi connectivity index (χ3n) is 2.94. The first kappa shape index (κ1) is 17.0. The van der Waals surface area contributed by atoms with Gasteiger partial charge in [0, 0.05) is 10.0 Å². The Hall–Kier alpha value is -2.40. The highest BCUT2D eigenvalue weighted by atomic mass is 79.9. The molecule has 23 heavy (non-hydrogen) atoms. The Kier molecular flexibility index (Phi) is 6.11. The van der Waals surface area contributed by atoms with Crippen LogP contribution in [-0.2, 0) is 9.53 Å². The summed E-state index contributed by atoms with van der Waals surface area (Å²) in [5.41, 5.74) is 1.34. The van der Waals surface area contributed by atoms with Crippen LogP contribution in [0.15, 0.2) is 64.8 Å². The minimum absolute atomic E-state index is 0.0961. The van der Waals surface area contributed by atoms with Crippen LogP contribution in [0, 0.1) is 0 Å². The van der Waals surface area contributed by atoms with Crippen LogP contribution in [0.4, 0.5) is 0 Å². The largest absolute Gasteiger partial charge is 0.461 e. The predicted octanol–water partition coefficient (Wildman–Crippen LogP) is 3.78. The smallest absolute Gasteiger partial charge is 0.354 e. The fraction of sp³-hybridized carbons (Fsp3) is 0.111. The molecule has 0 unspecified atom stereocenters. The van der Waals surface area contributed by atoms with Crippen LogP contribution < -0.4 is 5.32 Å². The molecule has 1 amide bonds. The Morgan fingerprint density at radius 2 is 1.87 bits per heavy atom. The van der Waals surface area contributed by atoms with Crippen LogP contribution in [0.1, 0.15) is 22.8 Å². The van der Waals surface area contributed by atoms with Crippen LogP contribution in [0.5, 0.6) is 0 Å². The van der Waals surface area contributed by atoms with E-state index in [9.17, 15) is 9.59 Å². The zero-order valence-electron chi connectivity index (χ0n) is 12.6. The Balaban J connectivity index is 2.27. The summed E-state index contributed by atoms with van der Waals surface area (Å²) in [5, 5.41) is 2.62. The molecule has 0 aliphatic rings. The molecule has 0 aliphatic carbocycles. The Bertz CT molecular complexity index is 726. The average molecular weight is 374 g/mol. The van der Waals surface area contributed by atoms with Crippen LogP contribution in [0.3, 0.4) is 0 Å². The van der Waals surface area contributed by atoms with Crippen molar-refractivity contribution < 1.29 is 14.3 Å². The molecule has 2 aromatic rings. The number of carbonyl (C=O) groups is 2. The number of benzene rings is 2. The molecule has 4 nitrogen and oxygen atoms in total. The maximum absolute atomic E-state index is 12.3. The lowest BCUT2D eigenvalue weighted by atomic mass is 10.1. The number of esters is 1. The maximum Gasteiger partial charge on any atom is 0.354 e. The molecule has 118 valence electrons. The molecule has 0 bridgehead atoms. The Morgan fingerprint density at radius 1 is 1.13 bits per heavy atom. The van der Waals surface area contributed by atoms with Gasteiger partial charge in [0.15, 0.2) is 0 Å². The van der Waals surface area contributed by atoms with Crippen molar-refractivity contribution in [2.45, 2.75) is 6.92 Å². The summed E-state index contributed by atoms with van der Waals surface area (Å²) in [5.74, 6) is -0.934. The van der Waals surface area contributed by atoms with E-state index in [0.717, 1.165) is 10.0 Å². The van der Waals surface area contributed by atoms with E-state index < -0.39 is 5.97 Å². The molecular weight excluding hydrogens is 358 g/mol. The van der Waals surface area contributed by atoms with Gasteiger partial charge in [-0.25, -0.2) is 4.79 Å². The lowest BCUT2D eigenvalue weighted by molar-refractivity contribution is -0.138. The third kappa shape index (κ3) is 5.07. The summed E-state index contributed by atoms with van der Waals surface area (Å²) in [7, 11) is 0. The van der Waals surface area contributed by atoms with E-state index in [-0.39, 0.29) is 18.2 Å². The normalized spacial score (nSPS) is 11.0. The number of nitrogens with one attached hydrogen (secondary N) is 1. The number of ether oxygens (including phenoxy) is 1. The molecule has 2 aromatic carbocycles. The number of amides is 1. The van der Waals surface area contributed by atoms with Gasteiger partial charge < -0.3 is 10.1 Å². The SMILES string of the molecule is CCOC(=O)/C(=C/c1cccc(Br)c1)NC(=O)c1ccccc1. The molecule has 0 saturated carbocycles. The lowest BCUT2D eigenvalue weighted by Gasteiger charge is -2.09. The van der Waals surface area contributed by atoms with Crippen molar-refractivity contribution in [1.29, 1.82) is 0 Å². The highest BCUT2D eigenvalue weighted by molar-refractivity contribution is 9.10. The highest BCUT2D eigenvalue weighted by Crippen LogP contribution is 2.14. The number of rotatable bonds is 5. The van der Waals surface area contributed by atoms with Gasteiger partial charge in [0.25, 0.3) is 5.91 Å². The second-order valence-corrected chi connectivity index (χ2v) is 5.57. The van der Waals surface area contributed by atoms with Gasteiger partial charge in [-0.15, -0.1) is 0 Å². The molecule has 0 spiro atoms. The van der Waals surface area contributed by atoms with Crippen LogP contribution in [0.25, 0.3) is 6.08 Å². The van der Waals surface area contributed by atoms with Crippen molar-refractivity contribution in [3.63, 3.8) is 0 Å². The first-order valence-electron chi connectivity index (χ1n) is 7.11. The van der Waals surface area contributed by atoms with Crippen LogP contribution >= 0.6 is 15.9 Å². The number of hydrogen-bond acceptors (Lipinski definition) is 3. The first-order chi connectivity index (χ1) is 11.1. The average Bonchev–Trinajstić information content (AvgIpc) is 2.55. The van der Waals surface area contributed by atoms with Crippen molar-refractivity contribution in [2.75, 3.05) is 6.61 Å². The van der Waals surface area contributed by atoms with Crippen molar-refractivity contribution >= 4 is 33.9 Å². The highest BCUT2D eigenvalue weighted by Gasteiger charge is 2.15. The van der Waals surface area contributed by atoms with Gasteiger partial charge in [-0.05, 0) is 42.8 Å². The van der Waals surface area contributed by atoms with E-state index >= 15 is 0 Å². The summed E-state index contributed by atoms with van der Waals surface area (Å²) in [6.07, 6.45) is 1.59. The minimum Gasteiger partial charge on any atom is -0.461 e. The fourth-order valence-corrected chi connectivity index (χ4v) is 2.32. The second kappa shape index (κ2) is 8.29. The lowest BCUT2D eigenvalue weighted by Crippen LogP contribution is -2.28. The zero-order valence-corrected chi connectivity index (χ0v) is 14.2. The van der Waals surface area contributed by atoms with Gasteiger partial charge >= 0.3 is 5.97 Å². The van der Waals surface area contributed by atoms with Crippen molar-refractivity contribution in [2.24, 2.45) is 0 Å². The predicted molar refractivity (Wildman–Crippen MR) is 92.7 cm³/mol. The van der Waals surface area contributed by atoms with Crippen molar-refractivity contribution in [3.05, 3.63) is 75.9 Å². The quantitative estimate of drug-likeness (QED) is 0.640. The Morgan fingerprint density at radius 3 is 2.52 bits per heavy atom. The number of hydrogen-bond donors (Lipinski definition) is 1. The van der Waals surface area contributed by atoms with Crippen LogP contribution in [-0.4, -0.2) is 18.5 Å². The van der Waals surface area contributed by atoms with E-state index in [1.165, 1.54) is 0 Å². The van der Waals surface area contributed by atoms with E-state index in [4.69, 9.17) is 4.74 Å². The van der Waals surface area contributed by atoms with Crippen molar-refractivity contribution in [3.8, 4) is 0 Å². The zero-order chi connectivity index (χ0) is 16.7. The van der Waals surface area contributed by atoms with Gasteiger partial charge in [-0.2, -0.15) is 0 Å². The third-order valence-corrected chi connectivity index (χ3v) is 3.43. The summed E-state index contributed by atoms with van der Waals surface area (Å²) < 4.78 is 5.89. The topological polar surface area (TPSA) is 55.4 Å². The van der Waals surface area contributed by atoms with Gasteiger partial charge in [-0.3, -0.25) is 4.79 Å². The molecular formula is C18H16BrNO3. The molecule has 0 radical (unpaired) electrons. The van der Waals surface area contributed by atoms with Crippen LogP contribution in [0.2, 0.25) is 0 Å². The molecule has 1 N–H and O–H groups in total. The monoisotopic (exact) mass is 373 g/mol. The molecule has 0 fully saturated rings. The maximum atomic E-state index is 12.3. The van der Waals surface area contributed by atoms with Gasteiger partial charge in [0.1, 0.15) is 5.70 Å². The van der Waals surface area contributed by atoms with Crippen molar-refractivity contribution in [1.82, 2.24) is 5.32 Å². The molecule has 0 saturated heterocycles. The van der Waals surface area contributed by atoms with E-state index in [2.05, 4.69) is 21.2 Å². The summed E-state index contributed by atoms with van der Waals surface area (Å²) in [6.45, 7) is 1.95. The minimum atomic E-state index is -0.572. The second-order valence-electron chi connectivity index (χ2n) is 4.65. The number of halogens is 1. The molecule has 2 rings (SSSR count). The summed E-state index contributed by atoms with van der Waals surface area (Å²) in [4.78, 5) is 24.3. The first-order valence-corrected chi connectivity index (χ1v) is 7.90. The number of carbonyl (C=O) groups excluding carboxylic acids is 2. The van der Waals surface area contributed by atoms with E-state index in [0.29, 0.717) is 5.56 Å². The van der Waals surface area contributed by atoms with E-state index in [1.807, 2.05) is 30.3 Å². The summed E-state index contributed by atoms with van der Waals surface area (Å²) >= 11 is 3.37. The van der Waals surface area contributed by atoms with Gasteiger partial charge in [-0.1, -0.05) is 46.3 Å². The van der Waals surface area contributed by atoms with Gasteiger partial charge in [0.2, 0.25) is 0 Å². The molecule has 0 heterocycles. The standard InChI is InChI=1S/C18H16BrNO3/c1-2-23-18(22)16(12-13-7-6-10-15(19)11-13)20-17(21)14-8-4-3-5-9-14/h3-12H,2H2,1H3,(H,20,21)/b16-12-. The molecule has 0 aromatic heterocycles. The summed E-state index contributed by atoms with van der Waals surface area (Å²) in [6, 6.07) is 16.1. The molecule has 0 aliphatic heterocycles.